The first-order valence-electron chi connectivity index (χ1n) is 7.10. The molecule has 2 amide bonds. The van der Waals surface area contributed by atoms with E-state index in [4.69, 9.17) is 0 Å². The zero-order valence-electron chi connectivity index (χ0n) is 11.8. The SMILES string of the molecule is O=C(Nc1cccc(F)c1)c1cccc(C(=O)NC2CC2)c1. The fourth-order valence-corrected chi connectivity index (χ4v) is 2.07. The Balaban J connectivity index is 1.73. The van der Waals surface area contributed by atoms with E-state index in [0.717, 1.165) is 12.8 Å². The van der Waals surface area contributed by atoms with E-state index in [0.29, 0.717) is 16.8 Å². The van der Waals surface area contributed by atoms with Crippen molar-refractivity contribution in [2.45, 2.75) is 18.9 Å². The van der Waals surface area contributed by atoms with Gasteiger partial charge in [-0.05, 0) is 49.2 Å². The van der Waals surface area contributed by atoms with E-state index in [-0.39, 0.29) is 17.9 Å². The topological polar surface area (TPSA) is 58.2 Å². The minimum Gasteiger partial charge on any atom is -0.349 e. The second-order valence-corrected chi connectivity index (χ2v) is 5.29. The fourth-order valence-electron chi connectivity index (χ4n) is 2.07. The van der Waals surface area contributed by atoms with Gasteiger partial charge in [0.25, 0.3) is 11.8 Å². The molecule has 0 aromatic heterocycles. The molecular weight excluding hydrogens is 283 g/mol. The van der Waals surface area contributed by atoms with Gasteiger partial charge in [-0.25, -0.2) is 4.39 Å². The van der Waals surface area contributed by atoms with Crippen molar-refractivity contribution in [2.75, 3.05) is 5.32 Å². The van der Waals surface area contributed by atoms with Gasteiger partial charge in [0.2, 0.25) is 0 Å². The van der Waals surface area contributed by atoms with Crippen LogP contribution in [0.4, 0.5) is 10.1 Å². The summed E-state index contributed by atoms with van der Waals surface area (Å²) >= 11 is 0. The Morgan fingerprint density at radius 3 is 2.32 bits per heavy atom. The van der Waals surface area contributed by atoms with Gasteiger partial charge in [0.05, 0.1) is 0 Å². The smallest absolute Gasteiger partial charge is 0.255 e. The van der Waals surface area contributed by atoms with Crippen LogP contribution in [0.3, 0.4) is 0 Å². The average Bonchev–Trinajstić information content (AvgIpc) is 3.31. The molecule has 0 radical (unpaired) electrons. The number of nitrogens with one attached hydrogen (secondary N) is 2. The normalized spacial score (nSPS) is 13.5. The summed E-state index contributed by atoms with van der Waals surface area (Å²) in [4.78, 5) is 24.1. The van der Waals surface area contributed by atoms with E-state index in [1.54, 1.807) is 24.3 Å². The number of carbonyl (C=O) groups is 2. The highest BCUT2D eigenvalue weighted by Gasteiger charge is 2.24. The Hall–Kier alpha value is -2.69. The van der Waals surface area contributed by atoms with Gasteiger partial charge in [-0.1, -0.05) is 12.1 Å². The monoisotopic (exact) mass is 298 g/mol. The molecule has 112 valence electrons. The van der Waals surface area contributed by atoms with Crippen LogP contribution in [0.15, 0.2) is 48.5 Å². The minimum atomic E-state index is -0.421. The van der Waals surface area contributed by atoms with Crippen LogP contribution in [-0.4, -0.2) is 17.9 Å². The lowest BCUT2D eigenvalue weighted by atomic mass is 10.1. The molecule has 0 atom stereocenters. The van der Waals surface area contributed by atoms with Crippen molar-refractivity contribution in [1.82, 2.24) is 5.32 Å². The van der Waals surface area contributed by atoms with Crippen molar-refractivity contribution in [3.8, 4) is 0 Å². The molecule has 1 saturated carbocycles. The minimum absolute atomic E-state index is 0.178. The lowest BCUT2D eigenvalue weighted by Gasteiger charge is -2.07. The quantitative estimate of drug-likeness (QED) is 0.911. The number of anilines is 1. The molecule has 4 nitrogen and oxygen atoms in total. The van der Waals surface area contributed by atoms with E-state index in [1.165, 1.54) is 24.3 Å². The highest BCUT2D eigenvalue weighted by molar-refractivity contribution is 6.06. The molecule has 2 N–H and O–H groups in total. The number of carbonyl (C=O) groups excluding carboxylic acids is 2. The third-order valence-electron chi connectivity index (χ3n) is 3.38. The molecule has 0 aliphatic heterocycles. The molecule has 0 bridgehead atoms. The van der Waals surface area contributed by atoms with Gasteiger partial charge in [0.15, 0.2) is 0 Å². The predicted molar refractivity (Wildman–Crippen MR) is 81.3 cm³/mol. The maximum absolute atomic E-state index is 13.1. The van der Waals surface area contributed by atoms with Gasteiger partial charge in [0, 0.05) is 22.9 Å². The summed E-state index contributed by atoms with van der Waals surface area (Å²) in [6.45, 7) is 0. The van der Waals surface area contributed by atoms with Crippen LogP contribution >= 0.6 is 0 Å². The van der Waals surface area contributed by atoms with Gasteiger partial charge < -0.3 is 10.6 Å². The van der Waals surface area contributed by atoms with Gasteiger partial charge in [-0.3, -0.25) is 9.59 Å². The van der Waals surface area contributed by atoms with E-state index >= 15 is 0 Å². The van der Waals surface area contributed by atoms with Crippen LogP contribution in [-0.2, 0) is 0 Å². The van der Waals surface area contributed by atoms with Crippen LogP contribution in [0.25, 0.3) is 0 Å². The molecule has 1 aliphatic rings. The number of amides is 2. The largest absolute Gasteiger partial charge is 0.349 e. The highest BCUT2D eigenvalue weighted by atomic mass is 19.1. The van der Waals surface area contributed by atoms with Gasteiger partial charge in [-0.2, -0.15) is 0 Å². The van der Waals surface area contributed by atoms with E-state index in [9.17, 15) is 14.0 Å². The van der Waals surface area contributed by atoms with Crippen LogP contribution in [0.5, 0.6) is 0 Å². The van der Waals surface area contributed by atoms with E-state index in [2.05, 4.69) is 10.6 Å². The van der Waals surface area contributed by atoms with Crippen LogP contribution in [0.2, 0.25) is 0 Å². The summed E-state index contributed by atoms with van der Waals surface area (Å²) in [7, 11) is 0. The first-order valence-corrected chi connectivity index (χ1v) is 7.10. The molecule has 0 unspecified atom stereocenters. The van der Waals surface area contributed by atoms with Crippen molar-refractivity contribution < 1.29 is 14.0 Å². The van der Waals surface area contributed by atoms with Crippen molar-refractivity contribution in [3.05, 3.63) is 65.5 Å². The second kappa shape index (κ2) is 5.97. The summed E-state index contributed by atoms with van der Waals surface area (Å²) in [6, 6.07) is 12.4. The Morgan fingerprint density at radius 1 is 0.955 bits per heavy atom. The first kappa shape index (κ1) is 14.3. The molecule has 1 fully saturated rings. The maximum Gasteiger partial charge on any atom is 0.255 e. The number of rotatable bonds is 4. The molecule has 0 spiro atoms. The summed E-state index contributed by atoms with van der Waals surface area (Å²) < 4.78 is 13.1. The molecule has 2 aromatic carbocycles. The third-order valence-corrected chi connectivity index (χ3v) is 3.38. The van der Waals surface area contributed by atoms with Gasteiger partial charge in [0.1, 0.15) is 5.82 Å². The summed E-state index contributed by atoms with van der Waals surface area (Å²) in [5, 5.41) is 5.48. The molecular formula is C17H15FN2O2. The lowest BCUT2D eigenvalue weighted by molar-refractivity contribution is 0.0951. The van der Waals surface area contributed by atoms with Crippen LogP contribution < -0.4 is 10.6 Å². The third kappa shape index (κ3) is 3.49. The van der Waals surface area contributed by atoms with Crippen LogP contribution in [0.1, 0.15) is 33.6 Å². The molecule has 2 aromatic rings. The molecule has 3 rings (SSSR count). The Bertz CT molecular complexity index is 726. The Morgan fingerprint density at radius 2 is 1.64 bits per heavy atom. The van der Waals surface area contributed by atoms with Gasteiger partial charge >= 0.3 is 0 Å². The van der Waals surface area contributed by atoms with Crippen molar-refractivity contribution >= 4 is 17.5 Å². The Labute approximate surface area is 127 Å². The van der Waals surface area contributed by atoms with Gasteiger partial charge in [-0.15, -0.1) is 0 Å². The molecule has 1 aliphatic carbocycles. The molecule has 5 heteroatoms. The number of halogens is 1. The number of hydrogen-bond acceptors (Lipinski definition) is 2. The lowest BCUT2D eigenvalue weighted by Crippen LogP contribution is -2.25. The number of benzene rings is 2. The Kier molecular flexibility index (Phi) is 3.87. The van der Waals surface area contributed by atoms with E-state index in [1.807, 2.05) is 0 Å². The van der Waals surface area contributed by atoms with Crippen molar-refractivity contribution in [2.24, 2.45) is 0 Å². The fraction of sp³-hybridized carbons (Fsp3) is 0.176. The standard InChI is InChI=1S/C17H15FN2O2/c18-13-5-2-6-15(10-13)20-17(22)12-4-1-3-11(9-12)16(21)19-14-7-8-14/h1-6,9-10,14H,7-8H2,(H,19,21)(H,20,22). The zero-order chi connectivity index (χ0) is 15.5. The summed E-state index contributed by atoms with van der Waals surface area (Å²) in [6.07, 6.45) is 2.01. The summed E-state index contributed by atoms with van der Waals surface area (Å²) in [5.41, 5.74) is 1.17. The zero-order valence-corrected chi connectivity index (χ0v) is 11.8. The summed E-state index contributed by atoms with van der Waals surface area (Å²) in [5.74, 6) is -0.982. The van der Waals surface area contributed by atoms with Crippen molar-refractivity contribution in [1.29, 1.82) is 0 Å². The molecule has 0 saturated heterocycles. The van der Waals surface area contributed by atoms with Crippen molar-refractivity contribution in [3.63, 3.8) is 0 Å². The van der Waals surface area contributed by atoms with Crippen LogP contribution in [0, 0.1) is 5.82 Å². The highest BCUT2D eigenvalue weighted by Crippen LogP contribution is 2.19. The molecule has 22 heavy (non-hydrogen) atoms. The second-order valence-electron chi connectivity index (χ2n) is 5.29. The first-order chi connectivity index (χ1) is 10.6. The van der Waals surface area contributed by atoms with E-state index < -0.39 is 5.82 Å². The average molecular weight is 298 g/mol. The molecule has 0 heterocycles. The maximum atomic E-state index is 13.1. The predicted octanol–water partition coefficient (Wildman–Crippen LogP) is 2.97. The number of hydrogen-bond donors (Lipinski definition) is 2.